The van der Waals surface area contributed by atoms with Crippen molar-refractivity contribution >= 4 is 35.4 Å². The molecule has 0 unspecified atom stereocenters. The zero-order valence-electron chi connectivity index (χ0n) is 7.58. The van der Waals surface area contributed by atoms with Crippen molar-refractivity contribution in [2.75, 3.05) is 0 Å². The van der Waals surface area contributed by atoms with Crippen LogP contribution in [-0.2, 0) is 9.59 Å². The van der Waals surface area contributed by atoms with Crippen LogP contribution in [0.2, 0.25) is 0 Å². The molecule has 0 atom stereocenters. The molecule has 0 fully saturated rings. The number of aliphatic carboxylic acids is 2. The summed E-state index contributed by atoms with van der Waals surface area (Å²) in [5.74, 6) is -2.02. The predicted octanol–water partition coefficient (Wildman–Crippen LogP) is 1.94. The van der Waals surface area contributed by atoms with Gasteiger partial charge in [-0.1, -0.05) is 0 Å². The van der Waals surface area contributed by atoms with Crippen molar-refractivity contribution in [2.45, 2.75) is 0 Å². The van der Waals surface area contributed by atoms with Gasteiger partial charge >= 0.3 is 11.9 Å². The first-order valence-corrected chi connectivity index (χ1v) is 4.81. The molecule has 1 aromatic rings. The number of hydrogen-bond donors (Lipinski definition) is 2. The van der Waals surface area contributed by atoms with E-state index in [1.807, 2.05) is 0 Å². The first kappa shape index (κ1) is 11.2. The molecule has 0 aliphatic carbocycles. The molecule has 0 radical (unpaired) electrons. The minimum atomic E-state index is -1.01. The third-order valence-electron chi connectivity index (χ3n) is 1.43. The van der Waals surface area contributed by atoms with Crippen molar-refractivity contribution in [3.05, 3.63) is 34.0 Å². The highest BCUT2D eigenvalue weighted by Crippen LogP contribution is 2.19. The minimum absolute atomic E-state index is 0.766. The maximum absolute atomic E-state index is 10.2. The molecule has 0 bridgehead atoms. The van der Waals surface area contributed by atoms with Gasteiger partial charge in [0.15, 0.2) is 0 Å². The highest BCUT2D eigenvalue weighted by molar-refractivity contribution is 7.13. The van der Waals surface area contributed by atoms with Gasteiger partial charge in [-0.15, -0.1) is 11.3 Å². The summed E-state index contributed by atoms with van der Waals surface area (Å²) in [5.41, 5.74) is 0. The summed E-state index contributed by atoms with van der Waals surface area (Å²) in [7, 11) is 0. The van der Waals surface area contributed by atoms with Gasteiger partial charge in [-0.3, -0.25) is 0 Å². The van der Waals surface area contributed by atoms with Gasteiger partial charge in [0.25, 0.3) is 0 Å². The zero-order chi connectivity index (χ0) is 11.3. The summed E-state index contributed by atoms with van der Waals surface area (Å²) in [4.78, 5) is 22.0. The second-order valence-corrected chi connectivity index (χ2v) is 3.73. The summed E-state index contributed by atoms with van der Waals surface area (Å²) in [5, 5.41) is 16.8. The van der Waals surface area contributed by atoms with E-state index in [0.29, 0.717) is 0 Å². The van der Waals surface area contributed by atoms with E-state index in [-0.39, 0.29) is 0 Å². The summed E-state index contributed by atoms with van der Waals surface area (Å²) >= 11 is 1.32. The SMILES string of the molecule is O=C(O)/C=C/c1ccc(/C=C/C(=O)O)s1. The lowest BCUT2D eigenvalue weighted by molar-refractivity contribution is -0.132. The molecule has 0 amide bonds. The van der Waals surface area contributed by atoms with Crippen molar-refractivity contribution in [3.8, 4) is 0 Å². The molecule has 0 saturated carbocycles. The Morgan fingerprint density at radius 3 is 1.73 bits per heavy atom. The number of carbonyl (C=O) groups is 2. The Labute approximate surface area is 89.8 Å². The van der Waals surface area contributed by atoms with E-state index in [2.05, 4.69) is 0 Å². The van der Waals surface area contributed by atoms with Crippen molar-refractivity contribution in [2.24, 2.45) is 0 Å². The lowest BCUT2D eigenvalue weighted by Crippen LogP contribution is -1.84. The van der Waals surface area contributed by atoms with Gasteiger partial charge in [-0.25, -0.2) is 9.59 Å². The van der Waals surface area contributed by atoms with Gasteiger partial charge in [-0.05, 0) is 24.3 Å². The Morgan fingerprint density at radius 1 is 1.00 bits per heavy atom. The quantitative estimate of drug-likeness (QED) is 0.766. The van der Waals surface area contributed by atoms with E-state index in [1.165, 1.54) is 23.5 Å². The van der Waals surface area contributed by atoms with Crippen LogP contribution < -0.4 is 0 Å². The monoisotopic (exact) mass is 224 g/mol. The van der Waals surface area contributed by atoms with Gasteiger partial charge in [-0.2, -0.15) is 0 Å². The second kappa shape index (κ2) is 5.11. The predicted molar refractivity (Wildman–Crippen MR) is 57.7 cm³/mol. The van der Waals surface area contributed by atoms with Crippen LogP contribution in [0.25, 0.3) is 12.2 Å². The fourth-order valence-corrected chi connectivity index (χ4v) is 1.67. The van der Waals surface area contributed by atoms with Gasteiger partial charge in [0.1, 0.15) is 0 Å². The molecule has 2 N–H and O–H groups in total. The third kappa shape index (κ3) is 4.24. The van der Waals surface area contributed by atoms with E-state index in [1.54, 1.807) is 12.1 Å². The lowest BCUT2D eigenvalue weighted by atomic mass is 10.3. The molecule has 0 aliphatic heterocycles. The number of hydrogen-bond acceptors (Lipinski definition) is 3. The Balaban J connectivity index is 2.72. The van der Waals surface area contributed by atoms with E-state index >= 15 is 0 Å². The summed E-state index contributed by atoms with van der Waals surface area (Å²) in [6.45, 7) is 0. The van der Waals surface area contributed by atoms with Crippen LogP contribution >= 0.6 is 11.3 Å². The van der Waals surface area contributed by atoms with E-state index < -0.39 is 11.9 Å². The number of carboxylic acids is 2. The maximum Gasteiger partial charge on any atom is 0.328 e. The van der Waals surface area contributed by atoms with Crippen molar-refractivity contribution in [1.29, 1.82) is 0 Å². The molecule has 1 heterocycles. The Hall–Kier alpha value is -1.88. The summed E-state index contributed by atoms with van der Waals surface area (Å²) < 4.78 is 0. The Morgan fingerprint density at radius 2 is 1.40 bits per heavy atom. The average molecular weight is 224 g/mol. The van der Waals surface area contributed by atoms with Gasteiger partial charge in [0, 0.05) is 21.9 Å². The number of thiophene rings is 1. The van der Waals surface area contributed by atoms with Crippen molar-refractivity contribution in [1.82, 2.24) is 0 Å². The van der Waals surface area contributed by atoms with Crippen LogP contribution in [0.1, 0.15) is 9.75 Å². The third-order valence-corrected chi connectivity index (χ3v) is 2.44. The zero-order valence-corrected chi connectivity index (χ0v) is 8.40. The van der Waals surface area contributed by atoms with Gasteiger partial charge in [0.05, 0.1) is 0 Å². The van der Waals surface area contributed by atoms with Crippen LogP contribution in [0, 0.1) is 0 Å². The molecule has 15 heavy (non-hydrogen) atoms. The average Bonchev–Trinajstić information content (AvgIpc) is 2.59. The van der Waals surface area contributed by atoms with E-state index in [0.717, 1.165) is 21.9 Å². The van der Waals surface area contributed by atoms with Crippen LogP contribution in [0.15, 0.2) is 24.3 Å². The highest BCUT2D eigenvalue weighted by Gasteiger charge is 1.95. The van der Waals surface area contributed by atoms with Crippen molar-refractivity contribution in [3.63, 3.8) is 0 Å². The van der Waals surface area contributed by atoms with Crippen LogP contribution in [-0.4, -0.2) is 22.2 Å². The first-order valence-electron chi connectivity index (χ1n) is 4.00. The topological polar surface area (TPSA) is 74.6 Å². The molecule has 4 nitrogen and oxygen atoms in total. The molecular formula is C10H8O4S. The van der Waals surface area contributed by atoms with Crippen molar-refractivity contribution < 1.29 is 19.8 Å². The summed E-state index contributed by atoms with van der Waals surface area (Å²) in [6, 6.07) is 3.46. The standard InChI is InChI=1S/C10H8O4S/c11-9(12)5-3-7-1-2-8(15-7)4-6-10(13)14/h1-6H,(H,11,12)(H,13,14)/b5-3+,6-4+. The minimum Gasteiger partial charge on any atom is -0.478 e. The molecule has 0 spiro atoms. The molecule has 0 saturated heterocycles. The molecule has 0 aromatic carbocycles. The number of rotatable bonds is 4. The van der Waals surface area contributed by atoms with Gasteiger partial charge < -0.3 is 10.2 Å². The molecule has 1 rings (SSSR count). The molecular weight excluding hydrogens is 216 g/mol. The largest absolute Gasteiger partial charge is 0.478 e. The molecule has 5 heteroatoms. The van der Waals surface area contributed by atoms with E-state index in [4.69, 9.17) is 10.2 Å². The Bertz CT molecular complexity index is 390. The van der Waals surface area contributed by atoms with Gasteiger partial charge in [0.2, 0.25) is 0 Å². The smallest absolute Gasteiger partial charge is 0.328 e. The Kier molecular flexibility index (Phi) is 3.82. The fraction of sp³-hybridized carbons (Fsp3) is 0. The van der Waals surface area contributed by atoms with Crippen LogP contribution in [0.3, 0.4) is 0 Å². The van der Waals surface area contributed by atoms with Crippen LogP contribution in [0.5, 0.6) is 0 Å². The molecule has 78 valence electrons. The molecule has 0 aliphatic rings. The highest BCUT2D eigenvalue weighted by atomic mass is 32.1. The first-order chi connectivity index (χ1) is 7.08. The summed E-state index contributed by atoms with van der Waals surface area (Å²) in [6.07, 6.45) is 5.00. The second-order valence-electron chi connectivity index (χ2n) is 2.58. The fourth-order valence-electron chi connectivity index (χ4n) is 0.854. The normalized spacial score (nSPS) is 11.2. The lowest BCUT2D eigenvalue weighted by Gasteiger charge is -1.82. The van der Waals surface area contributed by atoms with Crippen LogP contribution in [0.4, 0.5) is 0 Å². The number of carboxylic acid groups (broad SMARTS) is 2. The van der Waals surface area contributed by atoms with E-state index in [9.17, 15) is 9.59 Å². The molecule has 1 aromatic heterocycles. The maximum atomic E-state index is 10.2.